The normalized spacial score (nSPS) is 21.7. The number of ketones is 2. The summed E-state index contributed by atoms with van der Waals surface area (Å²) < 4.78 is 0. The molecule has 11 heteroatoms. The van der Waals surface area contributed by atoms with E-state index in [1.54, 1.807) is 0 Å². The minimum atomic E-state index is -1.10. The number of urea groups is 1. The monoisotopic (exact) mass is 549 g/mol. The first kappa shape index (κ1) is 32.2. The zero-order valence-corrected chi connectivity index (χ0v) is 24.6. The summed E-state index contributed by atoms with van der Waals surface area (Å²) >= 11 is 0. The lowest BCUT2D eigenvalue weighted by atomic mass is 9.84. The Balaban J connectivity index is 2.31. The number of amides is 5. The molecule has 1 saturated carbocycles. The molecular formula is C28H47N5O6. The molecular weight excluding hydrogens is 502 g/mol. The SMILES string of the molecule is CC(=O)[C@@H](NC(=O)N[C@H](C(=O)N1CCC(C(C)C)[C@H]1C(=O)NC(CC1CC1)C(=O)C(N)=O)C(C)(C)C)C(C)C. The maximum atomic E-state index is 14.0. The highest BCUT2D eigenvalue weighted by molar-refractivity contribution is 6.37. The van der Waals surface area contributed by atoms with Gasteiger partial charge in [0.15, 0.2) is 5.78 Å². The van der Waals surface area contributed by atoms with E-state index in [9.17, 15) is 28.8 Å². The second-order valence-electron chi connectivity index (χ2n) is 12.9. The number of nitrogens with two attached hydrogens (primary N) is 1. The van der Waals surface area contributed by atoms with Gasteiger partial charge in [-0.15, -0.1) is 0 Å². The molecule has 0 radical (unpaired) electrons. The molecule has 0 bridgehead atoms. The van der Waals surface area contributed by atoms with Crippen LogP contribution in [0.25, 0.3) is 0 Å². The van der Waals surface area contributed by atoms with Gasteiger partial charge in [0.1, 0.15) is 12.1 Å². The fourth-order valence-electron chi connectivity index (χ4n) is 5.31. The third-order valence-corrected chi connectivity index (χ3v) is 7.77. The van der Waals surface area contributed by atoms with Crippen molar-refractivity contribution in [2.75, 3.05) is 6.54 Å². The molecule has 5 atom stereocenters. The molecule has 2 fully saturated rings. The molecule has 39 heavy (non-hydrogen) atoms. The Morgan fingerprint density at radius 1 is 0.923 bits per heavy atom. The molecule has 1 heterocycles. The van der Waals surface area contributed by atoms with Gasteiger partial charge in [-0.05, 0) is 48.9 Å². The Bertz CT molecular complexity index is 968. The zero-order chi connectivity index (χ0) is 29.8. The van der Waals surface area contributed by atoms with Crippen LogP contribution in [0.4, 0.5) is 4.79 Å². The van der Waals surface area contributed by atoms with E-state index in [4.69, 9.17) is 5.73 Å². The Morgan fingerprint density at radius 2 is 1.51 bits per heavy atom. The van der Waals surface area contributed by atoms with E-state index in [0.717, 1.165) is 12.8 Å². The van der Waals surface area contributed by atoms with Gasteiger partial charge in [-0.25, -0.2) is 4.79 Å². The summed E-state index contributed by atoms with van der Waals surface area (Å²) in [7, 11) is 0. The predicted molar refractivity (Wildman–Crippen MR) is 146 cm³/mol. The lowest BCUT2D eigenvalue weighted by molar-refractivity contribution is -0.144. The van der Waals surface area contributed by atoms with Gasteiger partial charge in [-0.3, -0.25) is 24.0 Å². The Kier molecular flexibility index (Phi) is 10.7. The van der Waals surface area contributed by atoms with Gasteiger partial charge in [0.2, 0.25) is 17.6 Å². The van der Waals surface area contributed by atoms with Crippen molar-refractivity contribution in [2.24, 2.45) is 34.8 Å². The molecule has 1 aliphatic heterocycles. The molecule has 0 aromatic rings. The van der Waals surface area contributed by atoms with E-state index in [2.05, 4.69) is 16.0 Å². The van der Waals surface area contributed by atoms with Crippen LogP contribution in [0, 0.1) is 29.1 Å². The van der Waals surface area contributed by atoms with Crippen LogP contribution in [0.1, 0.15) is 81.1 Å². The Hall–Kier alpha value is -2.98. The van der Waals surface area contributed by atoms with Crippen LogP contribution in [0.5, 0.6) is 0 Å². The first-order valence-electron chi connectivity index (χ1n) is 14.0. The third-order valence-electron chi connectivity index (χ3n) is 7.77. The number of Topliss-reactive ketones (excluding diaryl/α,β-unsaturated/α-hetero) is 2. The number of nitrogens with one attached hydrogen (secondary N) is 3. The van der Waals surface area contributed by atoms with Gasteiger partial charge in [0.25, 0.3) is 5.91 Å². The van der Waals surface area contributed by atoms with Crippen LogP contribution < -0.4 is 21.7 Å². The van der Waals surface area contributed by atoms with Gasteiger partial charge in [-0.2, -0.15) is 0 Å². The molecule has 2 unspecified atom stereocenters. The largest absolute Gasteiger partial charge is 0.363 e. The topological polar surface area (TPSA) is 168 Å². The minimum Gasteiger partial charge on any atom is -0.363 e. The van der Waals surface area contributed by atoms with E-state index in [1.807, 2.05) is 48.5 Å². The molecule has 5 amide bonds. The number of likely N-dealkylation sites (tertiary alicyclic amines) is 1. The summed E-state index contributed by atoms with van der Waals surface area (Å²) in [5.41, 5.74) is 4.53. The first-order valence-corrected chi connectivity index (χ1v) is 14.0. The Labute approximate surface area is 231 Å². The first-order chi connectivity index (χ1) is 17.9. The van der Waals surface area contributed by atoms with Crippen LogP contribution in [-0.4, -0.2) is 70.9 Å². The molecule has 0 aromatic carbocycles. The number of rotatable bonds is 12. The van der Waals surface area contributed by atoms with Crippen LogP contribution in [0.3, 0.4) is 0 Å². The molecule has 0 spiro atoms. The van der Waals surface area contributed by atoms with Gasteiger partial charge < -0.3 is 26.6 Å². The highest BCUT2D eigenvalue weighted by atomic mass is 16.2. The van der Waals surface area contributed by atoms with Gasteiger partial charge in [0.05, 0.1) is 12.1 Å². The quantitative estimate of drug-likeness (QED) is 0.269. The van der Waals surface area contributed by atoms with Crippen molar-refractivity contribution in [3.05, 3.63) is 0 Å². The zero-order valence-electron chi connectivity index (χ0n) is 24.6. The van der Waals surface area contributed by atoms with Crippen molar-refractivity contribution < 1.29 is 28.8 Å². The van der Waals surface area contributed by atoms with Crippen molar-refractivity contribution in [3.8, 4) is 0 Å². The molecule has 2 rings (SSSR count). The van der Waals surface area contributed by atoms with Crippen molar-refractivity contribution in [1.29, 1.82) is 0 Å². The van der Waals surface area contributed by atoms with Crippen LogP contribution in [0.2, 0.25) is 0 Å². The van der Waals surface area contributed by atoms with Crippen LogP contribution in [0.15, 0.2) is 0 Å². The number of carbonyl (C=O) groups excluding carboxylic acids is 6. The van der Waals surface area contributed by atoms with Crippen LogP contribution in [-0.2, 0) is 24.0 Å². The molecule has 220 valence electrons. The lowest BCUT2D eigenvalue weighted by Gasteiger charge is -2.37. The molecule has 1 aliphatic carbocycles. The van der Waals surface area contributed by atoms with Gasteiger partial charge in [-0.1, -0.05) is 61.3 Å². The van der Waals surface area contributed by atoms with Crippen LogP contribution >= 0.6 is 0 Å². The van der Waals surface area contributed by atoms with Crippen molar-refractivity contribution in [3.63, 3.8) is 0 Å². The van der Waals surface area contributed by atoms with Crippen molar-refractivity contribution >= 4 is 35.3 Å². The molecule has 1 saturated heterocycles. The molecule has 11 nitrogen and oxygen atoms in total. The number of primary amides is 1. The number of nitrogens with zero attached hydrogens (tertiary/aromatic N) is 1. The molecule has 2 aliphatic rings. The number of hydrogen-bond acceptors (Lipinski definition) is 6. The smallest absolute Gasteiger partial charge is 0.316 e. The molecule has 0 aromatic heterocycles. The fraction of sp³-hybridized carbons (Fsp3) is 0.786. The van der Waals surface area contributed by atoms with E-state index in [0.29, 0.717) is 19.4 Å². The van der Waals surface area contributed by atoms with Gasteiger partial charge in [0, 0.05) is 6.54 Å². The standard InChI is InChI=1S/C28H47N5O6/c1-14(2)18-11-12-33(21(18)25(37)30-19(13-17-9-10-17)22(35)24(29)36)26(38)23(28(6,7)8)32-27(39)31-20(15(3)4)16(5)34/h14-15,17-21,23H,9-13H2,1-8H3,(H2,29,36)(H,30,37)(H2,31,32,39)/t18?,19?,20-,21-,23+/m0/s1. The summed E-state index contributed by atoms with van der Waals surface area (Å²) in [6.45, 7) is 14.7. The fourth-order valence-corrected chi connectivity index (χ4v) is 5.31. The summed E-state index contributed by atoms with van der Waals surface area (Å²) in [4.78, 5) is 78.1. The van der Waals surface area contributed by atoms with Crippen molar-refractivity contribution in [1.82, 2.24) is 20.9 Å². The summed E-state index contributed by atoms with van der Waals surface area (Å²) in [6, 6.07) is -4.25. The highest BCUT2D eigenvalue weighted by Gasteiger charge is 2.48. The Morgan fingerprint density at radius 3 is 1.95 bits per heavy atom. The average molecular weight is 550 g/mol. The third kappa shape index (κ3) is 8.50. The summed E-state index contributed by atoms with van der Waals surface area (Å²) in [5, 5.41) is 8.14. The van der Waals surface area contributed by atoms with E-state index in [1.165, 1.54) is 11.8 Å². The van der Waals surface area contributed by atoms with E-state index in [-0.39, 0.29) is 29.5 Å². The predicted octanol–water partition coefficient (Wildman–Crippen LogP) is 1.53. The van der Waals surface area contributed by atoms with E-state index < -0.39 is 59.1 Å². The number of hydrogen-bond donors (Lipinski definition) is 4. The minimum absolute atomic E-state index is 0.0546. The maximum Gasteiger partial charge on any atom is 0.316 e. The summed E-state index contributed by atoms with van der Waals surface area (Å²) in [5.74, 6) is -3.09. The maximum absolute atomic E-state index is 14.0. The highest BCUT2D eigenvalue weighted by Crippen LogP contribution is 2.35. The average Bonchev–Trinajstić information content (AvgIpc) is 3.51. The second-order valence-corrected chi connectivity index (χ2v) is 12.9. The van der Waals surface area contributed by atoms with E-state index >= 15 is 0 Å². The van der Waals surface area contributed by atoms with Gasteiger partial charge >= 0.3 is 6.03 Å². The van der Waals surface area contributed by atoms with Crippen molar-refractivity contribution in [2.45, 2.75) is 105 Å². The number of carbonyl (C=O) groups is 6. The molecule has 5 N–H and O–H groups in total. The second kappa shape index (κ2) is 12.9. The lowest BCUT2D eigenvalue weighted by Crippen LogP contribution is -2.61. The summed E-state index contributed by atoms with van der Waals surface area (Å²) in [6.07, 6.45) is 2.74.